The number of aliphatic carboxylic acids is 1. The lowest BCUT2D eigenvalue weighted by molar-refractivity contribution is -0.138. The number of hydrogen-bond donors (Lipinski definition) is 4. The number of carbonyl (C=O) groups excluding carboxylic acids is 2. The molecule has 1 atom stereocenters. The number of hydrazine groups is 1. The molecule has 196 valence electrons. The monoisotopic (exact) mass is 542 g/mol. The van der Waals surface area contributed by atoms with E-state index < -0.39 is 23.8 Å². The highest BCUT2D eigenvalue weighted by Crippen LogP contribution is 2.25. The van der Waals surface area contributed by atoms with Crippen molar-refractivity contribution < 1.29 is 19.5 Å². The Morgan fingerprint density at radius 2 is 1.85 bits per heavy atom. The molecule has 39 heavy (non-hydrogen) atoms. The lowest BCUT2D eigenvalue weighted by Crippen LogP contribution is -2.43. The molecule has 0 aliphatic carbocycles. The molecule has 1 unspecified atom stereocenters. The number of pyridine rings is 2. The van der Waals surface area contributed by atoms with Gasteiger partial charge in [-0.05, 0) is 42.5 Å². The minimum atomic E-state index is -1.19. The third-order valence-electron chi connectivity index (χ3n) is 5.86. The third-order valence-corrected chi connectivity index (χ3v) is 6.17. The minimum absolute atomic E-state index is 0.142. The maximum Gasteiger partial charge on any atom is 0.322 e. The third kappa shape index (κ3) is 6.19. The molecule has 2 amide bonds. The van der Waals surface area contributed by atoms with Crippen LogP contribution in [0.2, 0.25) is 5.02 Å². The highest BCUT2D eigenvalue weighted by molar-refractivity contribution is 6.32. The average molecular weight is 543 g/mol. The molecule has 2 heterocycles. The van der Waals surface area contributed by atoms with E-state index >= 15 is 0 Å². The molecule has 0 spiro atoms. The van der Waals surface area contributed by atoms with E-state index in [1.807, 2.05) is 24.3 Å². The summed E-state index contributed by atoms with van der Waals surface area (Å²) >= 11 is 6.36. The van der Waals surface area contributed by atoms with Crippen LogP contribution in [-0.4, -0.2) is 57.4 Å². The van der Waals surface area contributed by atoms with E-state index in [0.29, 0.717) is 33.3 Å². The molecule has 6 N–H and O–H groups in total. The Morgan fingerprint density at radius 3 is 2.51 bits per heavy atom. The summed E-state index contributed by atoms with van der Waals surface area (Å²) in [5, 5.41) is 9.81. The fraction of sp³-hybridized carbons (Fsp3) is 0.107. The molecule has 0 saturated heterocycles. The summed E-state index contributed by atoms with van der Waals surface area (Å²) < 4.78 is 0. The number of carboxylic acid groups (broad SMARTS) is 1. The standard InChI is InChI=1S/C28H23ClN6O4/c1-35(15-23(30)28(38)39)27(37)19-9-8-17(22(29)12-19)5-2-16-3-6-18(7-4-16)25-13-20(26(36)34-31)21-14-32-11-10-24(21)33-25/h3-4,6-14,23H,15,30-31H2,1H3,(H,34,36)(H,38,39). The van der Waals surface area contributed by atoms with Crippen LogP contribution in [0.25, 0.3) is 22.2 Å². The fourth-order valence-electron chi connectivity index (χ4n) is 3.77. The number of likely N-dealkylation sites (N-methyl/N-ethyl adjacent to an activating group) is 1. The van der Waals surface area contributed by atoms with E-state index in [-0.39, 0.29) is 17.1 Å². The van der Waals surface area contributed by atoms with Gasteiger partial charge in [-0.2, -0.15) is 0 Å². The Morgan fingerprint density at radius 1 is 1.10 bits per heavy atom. The number of fused-ring (bicyclic) bond motifs is 1. The first-order valence-corrected chi connectivity index (χ1v) is 12.0. The number of aromatic nitrogens is 2. The van der Waals surface area contributed by atoms with Gasteiger partial charge in [0.2, 0.25) is 0 Å². The van der Waals surface area contributed by atoms with Gasteiger partial charge in [0.1, 0.15) is 6.04 Å². The van der Waals surface area contributed by atoms with E-state index in [0.717, 1.165) is 5.56 Å². The normalized spacial score (nSPS) is 11.3. The first-order valence-electron chi connectivity index (χ1n) is 11.6. The summed E-state index contributed by atoms with van der Waals surface area (Å²) in [7, 11) is 1.47. The van der Waals surface area contributed by atoms with Crippen molar-refractivity contribution in [3.8, 4) is 23.1 Å². The predicted molar refractivity (Wildman–Crippen MR) is 147 cm³/mol. The number of rotatable bonds is 6. The van der Waals surface area contributed by atoms with Gasteiger partial charge in [-0.3, -0.25) is 24.8 Å². The van der Waals surface area contributed by atoms with E-state index in [4.69, 9.17) is 28.3 Å². The van der Waals surface area contributed by atoms with Gasteiger partial charge in [-0.15, -0.1) is 0 Å². The molecule has 11 heteroatoms. The number of carbonyl (C=O) groups is 3. The zero-order chi connectivity index (χ0) is 28.1. The number of nitrogens with one attached hydrogen (secondary N) is 1. The van der Waals surface area contributed by atoms with Crippen LogP contribution in [0.15, 0.2) is 67.0 Å². The van der Waals surface area contributed by atoms with Crippen molar-refractivity contribution in [3.63, 3.8) is 0 Å². The van der Waals surface area contributed by atoms with Crippen molar-refractivity contribution in [2.24, 2.45) is 11.6 Å². The van der Waals surface area contributed by atoms with Crippen molar-refractivity contribution in [1.29, 1.82) is 0 Å². The molecule has 0 radical (unpaired) electrons. The van der Waals surface area contributed by atoms with Crippen LogP contribution in [0.1, 0.15) is 31.8 Å². The van der Waals surface area contributed by atoms with Crippen LogP contribution in [0.5, 0.6) is 0 Å². The fourth-order valence-corrected chi connectivity index (χ4v) is 4.00. The van der Waals surface area contributed by atoms with Crippen LogP contribution in [0.3, 0.4) is 0 Å². The number of carboxylic acids is 1. The van der Waals surface area contributed by atoms with Crippen LogP contribution in [0, 0.1) is 11.8 Å². The molecule has 0 aliphatic rings. The van der Waals surface area contributed by atoms with Crippen molar-refractivity contribution in [2.75, 3.05) is 13.6 Å². The molecule has 4 rings (SSSR count). The second-order valence-electron chi connectivity index (χ2n) is 8.57. The van der Waals surface area contributed by atoms with Crippen molar-refractivity contribution in [2.45, 2.75) is 6.04 Å². The Labute approximate surface area is 228 Å². The van der Waals surface area contributed by atoms with Crippen LogP contribution < -0.4 is 17.0 Å². The van der Waals surface area contributed by atoms with Gasteiger partial charge >= 0.3 is 5.97 Å². The van der Waals surface area contributed by atoms with Gasteiger partial charge in [-0.1, -0.05) is 35.6 Å². The number of nitrogens with zero attached hydrogens (tertiary/aromatic N) is 3. The maximum atomic E-state index is 12.6. The van der Waals surface area contributed by atoms with E-state index in [2.05, 4.69) is 27.2 Å². The Hall–Kier alpha value is -4.82. The smallest absolute Gasteiger partial charge is 0.322 e. The molecular formula is C28H23ClN6O4. The molecule has 2 aromatic carbocycles. The van der Waals surface area contributed by atoms with Crippen molar-refractivity contribution >= 4 is 40.3 Å². The van der Waals surface area contributed by atoms with Crippen molar-refractivity contribution in [1.82, 2.24) is 20.3 Å². The summed E-state index contributed by atoms with van der Waals surface area (Å²) in [4.78, 5) is 45.8. The first-order chi connectivity index (χ1) is 18.7. The molecule has 0 saturated carbocycles. The number of amides is 2. The van der Waals surface area contributed by atoms with E-state index in [1.54, 1.807) is 36.7 Å². The topological polar surface area (TPSA) is 165 Å². The highest BCUT2D eigenvalue weighted by atomic mass is 35.5. The van der Waals surface area contributed by atoms with Crippen LogP contribution in [0.4, 0.5) is 0 Å². The van der Waals surface area contributed by atoms with Crippen LogP contribution >= 0.6 is 11.6 Å². The summed E-state index contributed by atoms with van der Waals surface area (Å²) in [6.45, 7) is -0.142. The minimum Gasteiger partial charge on any atom is -0.480 e. The summed E-state index contributed by atoms with van der Waals surface area (Å²) in [6.07, 6.45) is 3.17. The van der Waals surface area contributed by atoms with E-state index in [1.165, 1.54) is 18.0 Å². The summed E-state index contributed by atoms with van der Waals surface area (Å²) in [5.74, 6) is 9.34. The Balaban J connectivity index is 1.53. The molecular weight excluding hydrogens is 520 g/mol. The zero-order valence-electron chi connectivity index (χ0n) is 20.7. The van der Waals surface area contributed by atoms with Gasteiger partial charge in [0.25, 0.3) is 11.8 Å². The zero-order valence-corrected chi connectivity index (χ0v) is 21.4. The average Bonchev–Trinajstić information content (AvgIpc) is 2.95. The maximum absolute atomic E-state index is 12.6. The van der Waals surface area contributed by atoms with Gasteiger partial charge in [0, 0.05) is 53.6 Å². The Bertz CT molecular complexity index is 1650. The summed E-state index contributed by atoms with van der Waals surface area (Å²) in [5.41, 5.74) is 11.5. The second-order valence-corrected chi connectivity index (χ2v) is 8.98. The number of hydrogen-bond acceptors (Lipinski definition) is 7. The quantitative estimate of drug-likeness (QED) is 0.125. The van der Waals surface area contributed by atoms with Crippen molar-refractivity contribution in [3.05, 3.63) is 94.3 Å². The number of nitrogens with two attached hydrogens (primary N) is 2. The molecule has 0 bridgehead atoms. The predicted octanol–water partition coefficient (Wildman–Crippen LogP) is 2.44. The molecule has 0 aliphatic heterocycles. The highest BCUT2D eigenvalue weighted by Gasteiger charge is 2.19. The molecule has 10 nitrogen and oxygen atoms in total. The molecule has 2 aromatic heterocycles. The number of nitrogen functional groups attached to an aromatic ring is 1. The lowest BCUT2D eigenvalue weighted by Gasteiger charge is -2.19. The summed E-state index contributed by atoms with van der Waals surface area (Å²) in [6, 6.07) is 14.2. The first kappa shape index (κ1) is 27.2. The van der Waals surface area contributed by atoms with Gasteiger partial charge in [0.15, 0.2) is 0 Å². The second kappa shape index (κ2) is 11.7. The van der Waals surface area contributed by atoms with Gasteiger partial charge in [-0.25, -0.2) is 10.8 Å². The van der Waals surface area contributed by atoms with Crippen LogP contribution in [-0.2, 0) is 4.79 Å². The van der Waals surface area contributed by atoms with E-state index in [9.17, 15) is 14.4 Å². The lowest BCUT2D eigenvalue weighted by atomic mass is 10.0. The largest absolute Gasteiger partial charge is 0.480 e. The van der Waals surface area contributed by atoms with Gasteiger partial charge in [0.05, 0.1) is 21.8 Å². The van der Waals surface area contributed by atoms with Gasteiger partial charge < -0.3 is 15.7 Å². The Kier molecular flexibility index (Phi) is 8.17. The number of benzene rings is 2. The SMILES string of the molecule is CN(CC(N)C(=O)O)C(=O)c1ccc(C#Cc2ccc(-c3cc(C(=O)NN)c4cnccc4n3)cc2)c(Cl)c1. The number of halogens is 1. The molecule has 0 fully saturated rings. The molecule has 4 aromatic rings.